The molecule has 2 aromatic carbocycles. The third-order valence-corrected chi connectivity index (χ3v) is 6.18. The largest absolute Gasteiger partial charge is 0.506 e. The molecule has 1 fully saturated rings. The maximum atomic E-state index is 12.8. The molecule has 8 heteroatoms. The number of nitrogens with one attached hydrogen (secondary N) is 1. The van der Waals surface area contributed by atoms with Crippen molar-refractivity contribution in [2.24, 2.45) is 5.92 Å². The van der Waals surface area contributed by atoms with Gasteiger partial charge in [0, 0.05) is 43.4 Å². The van der Waals surface area contributed by atoms with Crippen LogP contribution in [0.15, 0.2) is 54.9 Å². The van der Waals surface area contributed by atoms with Crippen LogP contribution < -0.4 is 10.2 Å². The van der Waals surface area contributed by atoms with Crippen molar-refractivity contribution in [3.8, 4) is 5.75 Å². The summed E-state index contributed by atoms with van der Waals surface area (Å²) in [6.07, 6.45) is 4.48. The molecule has 0 aromatic heterocycles. The normalized spacial score (nSPS) is 18.8. The number of rotatable bonds is 5. The molecule has 168 valence electrons. The van der Waals surface area contributed by atoms with Crippen LogP contribution in [0, 0.1) is 12.8 Å². The fourth-order valence-electron chi connectivity index (χ4n) is 4.06. The lowest BCUT2D eigenvalue weighted by molar-refractivity contribution is -0.130. The van der Waals surface area contributed by atoms with Gasteiger partial charge >= 0.3 is 0 Å². The zero-order chi connectivity index (χ0) is 22.7. The molecule has 32 heavy (non-hydrogen) atoms. The Hall–Kier alpha value is -3.03. The zero-order valence-corrected chi connectivity index (χ0v) is 18.8. The topological polar surface area (TPSA) is 76.1 Å². The lowest BCUT2D eigenvalue weighted by atomic mass is 10.1. The van der Waals surface area contributed by atoms with Gasteiger partial charge in [-0.05, 0) is 55.8 Å². The van der Waals surface area contributed by atoms with Crippen molar-refractivity contribution in [3.05, 3.63) is 65.5 Å². The van der Waals surface area contributed by atoms with E-state index in [-0.39, 0.29) is 28.5 Å². The Labute approximate surface area is 192 Å². The number of likely N-dealkylation sites (tertiary alicyclic amines) is 1. The van der Waals surface area contributed by atoms with Gasteiger partial charge in [0.05, 0.1) is 17.5 Å². The minimum absolute atomic E-state index is 0.0241. The fourth-order valence-corrected chi connectivity index (χ4v) is 4.24. The number of hydrogen-bond acceptors (Lipinski definition) is 5. The Morgan fingerprint density at radius 3 is 2.69 bits per heavy atom. The molecule has 2 aliphatic rings. The van der Waals surface area contributed by atoms with Gasteiger partial charge in [-0.25, -0.2) is 0 Å². The predicted octanol–water partition coefficient (Wildman–Crippen LogP) is 3.43. The van der Waals surface area contributed by atoms with E-state index in [4.69, 9.17) is 11.6 Å². The average molecular weight is 455 g/mol. The van der Waals surface area contributed by atoms with Crippen molar-refractivity contribution in [2.75, 3.05) is 42.9 Å². The average Bonchev–Trinajstić information content (AvgIpc) is 3.25. The first-order valence-electron chi connectivity index (χ1n) is 10.7. The fraction of sp³-hybridized carbons (Fsp3) is 0.333. The number of aryl methyl sites for hydroxylation is 1. The molecule has 2 aliphatic heterocycles. The first-order chi connectivity index (χ1) is 15.4. The lowest BCUT2D eigenvalue weighted by Gasteiger charge is -2.31. The van der Waals surface area contributed by atoms with Crippen molar-refractivity contribution in [1.29, 1.82) is 0 Å². The van der Waals surface area contributed by atoms with E-state index in [0.717, 1.165) is 12.2 Å². The molecular weight excluding hydrogens is 428 g/mol. The highest BCUT2D eigenvalue weighted by atomic mass is 35.5. The maximum absolute atomic E-state index is 12.8. The smallest absolute Gasteiger partial charge is 0.240 e. The second-order valence-electron chi connectivity index (χ2n) is 8.29. The van der Waals surface area contributed by atoms with Crippen LogP contribution in [0.2, 0.25) is 5.02 Å². The van der Waals surface area contributed by atoms with Crippen molar-refractivity contribution in [3.63, 3.8) is 0 Å². The quantitative estimate of drug-likeness (QED) is 0.677. The van der Waals surface area contributed by atoms with Crippen molar-refractivity contribution in [1.82, 2.24) is 9.80 Å². The minimum Gasteiger partial charge on any atom is -0.506 e. The highest BCUT2D eigenvalue weighted by Crippen LogP contribution is 2.27. The Bertz CT molecular complexity index is 1040. The Morgan fingerprint density at radius 2 is 1.97 bits per heavy atom. The molecule has 0 radical (unpaired) electrons. The molecule has 2 heterocycles. The molecule has 2 aromatic rings. The van der Waals surface area contributed by atoms with Crippen LogP contribution in [-0.2, 0) is 9.59 Å². The number of benzene rings is 2. The molecule has 1 saturated heterocycles. The van der Waals surface area contributed by atoms with Gasteiger partial charge in [-0.2, -0.15) is 0 Å². The van der Waals surface area contributed by atoms with Crippen LogP contribution in [0.3, 0.4) is 0 Å². The van der Waals surface area contributed by atoms with E-state index >= 15 is 0 Å². The van der Waals surface area contributed by atoms with E-state index in [0.29, 0.717) is 38.3 Å². The van der Waals surface area contributed by atoms with Crippen LogP contribution in [0.4, 0.5) is 11.4 Å². The summed E-state index contributed by atoms with van der Waals surface area (Å²) in [4.78, 5) is 31.3. The van der Waals surface area contributed by atoms with Crippen LogP contribution in [0.5, 0.6) is 5.75 Å². The number of phenolic OH excluding ortho intramolecular Hbond substituents is 1. The SMILES string of the molecule is Cc1cccc(N2C=CN(C(=O)CN3CC[C@@H](C(=O)Nc4ccc(O)c(Cl)c4)C3)CC2)c1. The van der Waals surface area contributed by atoms with Crippen LogP contribution in [0.1, 0.15) is 12.0 Å². The summed E-state index contributed by atoms with van der Waals surface area (Å²) in [6.45, 7) is 4.97. The molecule has 0 saturated carbocycles. The van der Waals surface area contributed by atoms with Gasteiger partial charge in [-0.1, -0.05) is 23.7 Å². The number of carbonyl (C=O) groups excluding carboxylic acids is 2. The Balaban J connectivity index is 1.27. The molecular formula is C24H27ClN4O3. The third kappa shape index (κ3) is 5.23. The second-order valence-corrected chi connectivity index (χ2v) is 8.70. The summed E-state index contributed by atoms with van der Waals surface area (Å²) >= 11 is 5.90. The molecule has 0 unspecified atom stereocenters. The van der Waals surface area contributed by atoms with Gasteiger partial charge in [0.2, 0.25) is 11.8 Å². The van der Waals surface area contributed by atoms with E-state index in [1.54, 1.807) is 11.0 Å². The molecule has 0 aliphatic carbocycles. The highest BCUT2D eigenvalue weighted by molar-refractivity contribution is 6.32. The van der Waals surface area contributed by atoms with Crippen molar-refractivity contribution < 1.29 is 14.7 Å². The maximum Gasteiger partial charge on any atom is 0.240 e. The molecule has 0 spiro atoms. The summed E-state index contributed by atoms with van der Waals surface area (Å²) in [5, 5.41) is 12.5. The van der Waals surface area contributed by atoms with Gasteiger partial charge in [0.1, 0.15) is 5.75 Å². The third-order valence-electron chi connectivity index (χ3n) is 5.88. The van der Waals surface area contributed by atoms with Crippen LogP contribution >= 0.6 is 11.6 Å². The molecule has 1 atom stereocenters. The van der Waals surface area contributed by atoms with E-state index < -0.39 is 0 Å². The van der Waals surface area contributed by atoms with E-state index in [1.807, 2.05) is 23.4 Å². The second kappa shape index (κ2) is 9.63. The summed E-state index contributed by atoms with van der Waals surface area (Å²) in [6, 6.07) is 12.9. The number of hydrogen-bond donors (Lipinski definition) is 2. The molecule has 2 N–H and O–H groups in total. The summed E-state index contributed by atoms with van der Waals surface area (Å²) in [5.41, 5.74) is 2.87. The Morgan fingerprint density at radius 1 is 1.12 bits per heavy atom. The van der Waals surface area contributed by atoms with Gasteiger partial charge < -0.3 is 20.2 Å². The summed E-state index contributed by atoms with van der Waals surface area (Å²) < 4.78 is 0. The number of phenols is 1. The van der Waals surface area contributed by atoms with Gasteiger partial charge in [0.25, 0.3) is 0 Å². The van der Waals surface area contributed by atoms with Crippen molar-refractivity contribution in [2.45, 2.75) is 13.3 Å². The lowest BCUT2D eigenvalue weighted by Crippen LogP contribution is -2.43. The molecule has 7 nitrogen and oxygen atoms in total. The molecule has 2 amide bonds. The first-order valence-corrected chi connectivity index (χ1v) is 11.1. The standard InChI is InChI=1S/C24H27ClN4O3/c1-17-3-2-4-20(13-17)28-9-11-29(12-10-28)23(31)16-27-8-7-18(15-27)24(32)26-19-5-6-22(30)21(25)14-19/h2-6,9,11,13-14,18,30H,7-8,10,12,15-16H2,1H3,(H,26,32)/t18-/m1/s1. The number of carbonyl (C=O) groups is 2. The van der Waals surface area contributed by atoms with E-state index in [1.165, 1.54) is 17.7 Å². The number of anilines is 2. The Kier molecular flexibility index (Phi) is 6.67. The molecule has 0 bridgehead atoms. The minimum atomic E-state index is -0.191. The van der Waals surface area contributed by atoms with Gasteiger partial charge in [0.15, 0.2) is 0 Å². The monoisotopic (exact) mass is 454 g/mol. The van der Waals surface area contributed by atoms with Gasteiger partial charge in [-0.15, -0.1) is 0 Å². The van der Waals surface area contributed by atoms with Crippen LogP contribution in [0.25, 0.3) is 0 Å². The first kappa shape index (κ1) is 22.2. The predicted molar refractivity (Wildman–Crippen MR) is 126 cm³/mol. The van der Waals surface area contributed by atoms with E-state index in [9.17, 15) is 14.7 Å². The summed E-state index contributed by atoms with van der Waals surface area (Å²) in [7, 11) is 0. The van der Waals surface area contributed by atoms with Crippen LogP contribution in [-0.4, -0.2) is 59.4 Å². The highest BCUT2D eigenvalue weighted by Gasteiger charge is 2.30. The molecule has 4 rings (SSSR count). The number of amides is 2. The number of halogens is 1. The zero-order valence-electron chi connectivity index (χ0n) is 18.0. The number of nitrogens with zero attached hydrogens (tertiary/aromatic N) is 3. The van der Waals surface area contributed by atoms with E-state index in [2.05, 4.69) is 35.3 Å². The summed E-state index contributed by atoms with van der Waals surface area (Å²) in [5.74, 6) is -0.280. The number of aromatic hydroxyl groups is 1. The van der Waals surface area contributed by atoms with Gasteiger partial charge in [-0.3, -0.25) is 14.5 Å². The van der Waals surface area contributed by atoms with Crippen molar-refractivity contribution >= 4 is 34.8 Å².